The third-order valence-corrected chi connectivity index (χ3v) is 3.69. The monoisotopic (exact) mass is 391 g/mol. The van der Waals surface area contributed by atoms with Crippen molar-refractivity contribution in [1.29, 1.82) is 0 Å². The molecule has 0 fully saturated rings. The van der Waals surface area contributed by atoms with Gasteiger partial charge in [0.2, 0.25) is 0 Å². The fraction of sp³-hybridized carbons (Fsp3) is 0.263. The number of benzene rings is 2. The SMILES string of the molecule is CCCCCOc1ccc(C#CSc2ccccc2)cc1.[F-].[F-].[F-].[F-].[F-]. The molecule has 0 amide bonds. The van der Waals surface area contributed by atoms with Crippen molar-refractivity contribution in [2.24, 2.45) is 0 Å². The topological polar surface area (TPSA) is 9.23 Å². The van der Waals surface area contributed by atoms with Crippen LogP contribution in [0.25, 0.3) is 0 Å². The molecule has 0 saturated carbocycles. The average Bonchev–Trinajstić information content (AvgIpc) is 2.54. The smallest absolute Gasteiger partial charge is 0.119 e. The van der Waals surface area contributed by atoms with Gasteiger partial charge in [-0.1, -0.05) is 43.9 Å². The fourth-order valence-electron chi connectivity index (χ4n) is 1.81. The van der Waals surface area contributed by atoms with Crippen molar-refractivity contribution in [2.75, 3.05) is 6.61 Å². The van der Waals surface area contributed by atoms with Crippen LogP contribution in [0.2, 0.25) is 0 Å². The van der Waals surface area contributed by atoms with Gasteiger partial charge in [-0.15, -0.1) is 0 Å². The molecule has 0 aliphatic rings. The second-order valence-corrected chi connectivity index (χ2v) is 5.60. The van der Waals surface area contributed by atoms with Crippen molar-refractivity contribution in [1.82, 2.24) is 0 Å². The predicted octanol–water partition coefficient (Wildman–Crippen LogP) is -9.62. The van der Waals surface area contributed by atoms with Crippen LogP contribution in [0.1, 0.15) is 31.7 Å². The molecule has 2 aromatic carbocycles. The molecule has 0 bridgehead atoms. The summed E-state index contributed by atoms with van der Waals surface area (Å²) in [4.78, 5) is 1.17. The molecule has 2 rings (SSSR count). The average molecular weight is 391 g/mol. The minimum Gasteiger partial charge on any atom is -1.00 e. The molecular weight excluding hydrogens is 371 g/mol. The molecule has 0 N–H and O–H groups in total. The van der Waals surface area contributed by atoms with E-state index in [9.17, 15) is 0 Å². The van der Waals surface area contributed by atoms with Gasteiger partial charge < -0.3 is 28.3 Å². The van der Waals surface area contributed by atoms with Gasteiger partial charge in [0.1, 0.15) is 5.75 Å². The van der Waals surface area contributed by atoms with Crippen LogP contribution in [0.5, 0.6) is 5.75 Å². The Balaban J connectivity index is -0.000000484. The first-order chi connectivity index (χ1) is 10.4. The molecule has 26 heavy (non-hydrogen) atoms. The van der Waals surface area contributed by atoms with E-state index in [1.165, 1.54) is 17.7 Å². The Morgan fingerprint density at radius 3 is 2.00 bits per heavy atom. The summed E-state index contributed by atoms with van der Waals surface area (Å²) in [5.41, 5.74) is 1.01. The lowest BCUT2D eigenvalue weighted by Gasteiger charge is -2.05. The standard InChI is InChI=1S/C19H20OS.5FH/c1-2-3-7-15-20-18-12-10-17(11-13-18)14-16-21-19-8-5-4-6-9-19;;;;;/h4-6,8-13H,2-3,7,15H2,1H3;5*1H/p-5. The number of hydrogen-bond donors (Lipinski definition) is 0. The number of ether oxygens (including phenoxy) is 1. The highest BCUT2D eigenvalue weighted by Gasteiger charge is 1.94. The molecule has 2 aromatic rings. The first-order valence-corrected chi connectivity index (χ1v) is 8.16. The summed E-state index contributed by atoms with van der Waals surface area (Å²) in [6.07, 6.45) is 3.56. The van der Waals surface area contributed by atoms with E-state index in [4.69, 9.17) is 4.74 Å². The highest BCUT2D eigenvalue weighted by atomic mass is 32.2. The molecule has 0 heterocycles. The molecule has 1 nitrogen and oxygen atoms in total. The van der Waals surface area contributed by atoms with Crippen LogP contribution in [0.4, 0.5) is 0 Å². The fourth-order valence-corrected chi connectivity index (χ4v) is 2.39. The maximum Gasteiger partial charge on any atom is 0.119 e. The number of hydrogen-bond acceptors (Lipinski definition) is 2. The maximum absolute atomic E-state index is 5.68. The van der Waals surface area contributed by atoms with Gasteiger partial charge >= 0.3 is 0 Å². The van der Waals surface area contributed by atoms with Gasteiger partial charge in [-0.2, -0.15) is 0 Å². The Bertz CT molecular complexity index is 597. The summed E-state index contributed by atoms with van der Waals surface area (Å²) in [7, 11) is 0. The third kappa shape index (κ3) is 12.2. The molecule has 0 aromatic heterocycles. The van der Waals surface area contributed by atoms with E-state index in [-0.39, 0.29) is 23.5 Å². The van der Waals surface area contributed by atoms with Gasteiger partial charge in [-0.05, 0) is 59.8 Å². The number of halogens is 5. The normalized spacial score (nSPS) is 7.88. The van der Waals surface area contributed by atoms with Crippen molar-refractivity contribution >= 4 is 11.8 Å². The summed E-state index contributed by atoms with van der Waals surface area (Å²) in [5.74, 6) is 4.08. The molecule has 7 heteroatoms. The Kier molecular flexibility index (Phi) is 23.2. The quantitative estimate of drug-likeness (QED) is 0.209. The zero-order valence-electron chi connectivity index (χ0n) is 14.2. The lowest BCUT2D eigenvalue weighted by molar-refractivity contribution is -0.00100. The van der Waals surface area contributed by atoms with E-state index in [0.29, 0.717) is 0 Å². The lowest BCUT2D eigenvalue weighted by atomic mass is 10.2. The molecule has 0 aliphatic carbocycles. The number of rotatable bonds is 6. The van der Waals surface area contributed by atoms with Gasteiger partial charge in [0.05, 0.1) is 6.61 Å². The third-order valence-electron chi connectivity index (χ3n) is 2.98. The molecular formula is C19H20F5OS-5. The molecule has 0 aliphatic heterocycles. The van der Waals surface area contributed by atoms with Crippen LogP contribution in [-0.4, -0.2) is 6.61 Å². The van der Waals surface area contributed by atoms with E-state index < -0.39 is 0 Å². The first kappa shape index (κ1) is 31.6. The number of unbranched alkanes of at least 4 members (excludes halogenated alkanes) is 2. The van der Waals surface area contributed by atoms with Crippen molar-refractivity contribution in [3.8, 4) is 16.9 Å². The Morgan fingerprint density at radius 1 is 0.808 bits per heavy atom. The summed E-state index contributed by atoms with van der Waals surface area (Å²) in [6.45, 7) is 2.99. The van der Waals surface area contributed by atoms with Crippen LogP contribution in [0, 0.1) is 11.2 Å². The van der Waals surface area contributed by atoms with Crippen molar-refractivity contribution in [3.05, 3.63) is 60.2 Å². The maximum atomic E-state index is 5.68. The molecule has 0 radical (unpaired) electrons. The summed E-state index contributed by atoms with van der Waals surface area (Å²) < 4.78 is 5.68. The zero-order valence-corrected chi connectivity index (χ0v) is 15.0. The second-order valence-electron chi connectivity index (χ2n) is 4.72. The summed E-state index contributed by atoms with van der Waals surface area (Å²) >= 11 is 1.55. The predicted molar refractivity (Wildman–Crippen MR) is 90.6 cm³/mol. The highest BCUT2D eigenvalue weighted by molar-refractivity contribution is 8.03. The van der Waals surface area contributed by atoms with E-state index in [1.807, 2.05) is 42.5 Å². The van der Waals surface area contributed by atoms with Gasteiger partial charge in [-0.25, -0.2) is 0 Å². The Morgan fingerprint density at radius 2 is 1.42 bits per heavy atom. The van der Waals surface area contributed by atoms with Crippen LogP contribution in [-0.2, 0) is 0 Å². The van der Waals surface area contributed by atoms with Crippen molar-refractivity contribution < 1.29 is 28.3 Å². The molecule has 0 spiro atoms. The summed E-state index contributed by atoms with van der Waals surface area (Å²) in [6, 6.07) is 18.2. The summed E-state index contributed by atoms with van der Waals surface area (Å²) in [5, 5.41) is 3.12. The van der Waals surface area contributed by atoms with E-state index in [0.717, 1.165) is 24.3 Å². The zero-order chi connectivity index (χ0) is 14.8. The molecule has 148 valence electrons. The van der Waals surface area contributed by atoms with Gasteiger partial charge in [0.15, 0.2) is 0 Å². The largest absolute Gasteiger partial charge is 1.00 e. The van der Waals surface area contributed by atoms with Crippen LogP contribution in [0.3, 0.4) is 0 Å². The van der Waals surface area contributed by atoms with Crippen LogP contribution in [0.15, 0.2) is 59.5 Å². The van der Waals surface area contributed by atoms with E-state index >= 15 is 0 Å². The van der Waals surface area contributed by atoms with E-state index in [2.05, 4.69) is 30.2 Å². The van der Waals surface area contributed by atoms with Gasteiger partial charge in [-0.3, -0.25) is 0 Å². The van der Waals surface area contributed by atoms with Crippen LogP contribution < -0.4 is 28.3 Å². The second kappa shape index (κ2) is 19.1. The van der Waals surface area contributed by atoms with Crippen molar-refractivity contribution in [2.45, 2.75) is 31.1 Å². The lowest BCUT2D eigenvalue weighted by Crippen LogP contribution is -3.00. The van der Waals surface area contributed by atoms with Crippen molar-refractivity contribution in [3.63, 3.8) is 0 Å². The number of thioether (sulfide) groups is 1. The van der Waals surface area contributed by atoms with Gasteiger partial charge in [0, 0.05) is 10.5 Å². The Hall–Kier alpha value is -2.20. The van der Waals surface area contributed by atoms with Gasteiger partial charge in [0.25, 0.3) is 0 Å². The first-order valence-electron chi connectivity index (χ1n) is 7.34. The molecule has 0 saturated heterocycles. The minimum atomic E-state index is 0. The minimum absolute atomic E-state index is 0. The Labute approximate surface area is 155 Å². The molecule has 0 unspecified atom stereocenters. The van der Waals surface area contributed by atoms with E-state index in [1.54, 1.807) is 11.8 Å². The highest BCUT2D eigenvalue weighted by Crippen LogP contribution is 2.16. The molecule has 0 atom stereocenters. The van der Waals surface area contributed by atoms with Crippen LogP contribution >= 0.6 is 11.8 Å².